The van der Waals surface area contributed by atoms with Gasteiger partial charge in [-0.25, -0.2) is 15.0 Å². The number of benzene rings is 1. The molecule has 194 valence electrons. The third kappa shape index (κ3) is 6.46. The Hall–Kier alpha value is -3.90. The zero-order valence-electron chi connectivity index (χ0n) is 21.1. The van der Waals surface area contributed by atoms with E-state index in [0.717, 1.165) is 12.1 Å². The summed E-state index contributed by atoms with van der Waals surface area (Å²) in [6.07, 6.45) is 3.40. The third-order valence-electron chi connectivity index (χ3n) is 5.67. The molecule has 3 N–H and O–H groups in total. The van der Waals surface area contributed by atoms with Crippen LogP contribution in [0.4, 0.5) is 11.5 Å². The summed E-state index contributed by atoms with van der Waals surface area (Å²) in [5.41, 5.74) is 2.39. The van der Waals surface area contributed by atoms with Gasteiger partial charge in [0, 0.05) is 18.5 Å². The Morgan fingerprint density at radius 2 is 2.00 bits per heavy atom. The van der Waals surface area contributed by atoms with Gasteiger partial charge in [0.05, 0.1) is 17.9 Å². The Kier molecular flexibility index (Phi) is 8.09. The summed E-state index contributed by atoms with van der Waals surface area (Å²) in [5.74, 6) is 0.0974. The van der Waals surface area contributed by atoms with Gasteiger partial charge in [-0.05, 0) is 52.1 Å². The smallest absolute Gasteiger partial charge is 0.270 e. The van der Waals surface area contributed by atoms with Crippen LogP contribution in [0.3, 0.4) is 0 Å². The number of likely N-dealkylation sites (N-methyl/N-ethyl adjacent to an activating group) is 1. The summed E-state index contributed by atoms with van der Waals surface area (Å²) in [6.45, 7) is 4.96. The van der Waals surface area contributed by atoms with Gasteiger partial charge in [-0.3, -0.25) is 14.4 Å². The van der Waals surface area contributed by atoms with Gasteiger partial charge in [-0.1, -0.05) is 6.07 Å². The van der Waals surface area contributed by atoms with Crippen LogP contribution in [0.1, 0.15) is 55.7 Å². The number of thiazole rings is 1. The highest BCUT2D eigenvalue weighted by atomic mass is 32.1. The Balaban J connectivity index is 1.42. The number of hydrogen-bond acceptors (Lipinski definition) is 9. The number of aryl methyl sites for hydroxylation is 1. The third-order valence-corrected chi connectivity index (χ3v) is 6.84. The highest BCUT2D eigenvalue weighted by Crippen LogP contribution is 2.28. The van der Waals surface area contributed by atoms with Crippen molar-refractivity contribution in [2.24, 2.45) is 0 Å². The molecule has 3 amide bonds. The monoisotopic (exact) mass is 523 g/mol. The molecule has 0 radical (unpaired) electrons. The molecular formula is C25H29N7O4S. The number of carbonyl (C=O) groups is 3. The predicted molar refractivity (Wildman–Crippen MR) is 140 cm³/mol. The Morgan fingerprint density at radius 3 is 2.78 bits per heavy atom. The van der Waals surface area contributed by atoms with E-state index in [1.165, 1.54) is 23.9 Å². The highest BCUT2D eigenvalue weighted by molar-refractivity contribution is 7.13. The molecule has 37 heavy (non-hydrogen) atoms. The number of aromatic nitrogens is 3. The molecule has 1 atom stereocenters. The molecule has 0 unspecified atom stereocenters. The largest absolute Gasteiger partial charge is 0.490 e. The number of fused-ring (bicyclic) bond motifs is 1. The SMILES string of the molecule is Cc1ccc(OCCN(C)C)c(NC(=O)c2cnc([C@@H](C)NC(=O)c3ncnc4c3CCC(=O)N4)s2)c1. The Labute approximate surface area is 218 Å². The van der Waals surface area contributed by atoms with E-state index in [1.807, 2.05) is 44.1 Å². The molecule has 1 aliphatic heterocycles. The normalized spacial score (nSPS) is 13.5. The fourth-order valence-electron chi connectivity index (χ4n) is 3.69. The molecule has 3 heterocycles. The average Bonchev–Trinajstić information content (AvgIpc) is 3.35. The van der Waals surface area contributed by atoms with E-state index in [2.05, 4.69) is 30.9 Å². The van der Waals surface area contributed by atoms with E-state index in [-0.39, 0.29) is 23.9 Å². The van der Waals surface area contributed by atoms with Crippen LogP contribution < -0.4 is 20.7 Å². The quantitative estimate of drug-likeness (QED) is 0.389. The van der Waals surface area contributed by atoms with Gasteiger partial charge in [0.1, 0.15) is 40.1 Å². The fourth-order valence-corrected chi connectivity index (χ4v) is 4.51. The van der Waals surface area contributed by atoms with Crippen LogP contribution >= 0.6 is 11.3 Å². The number of hydrogen-bond donors (Lipinski definition) is 3. The van der Waals surface area contributed by atoms with Crippen molar-refractivity contribution in [2.45, 2.75) is 32.7 Å². The molecule has 0 saturated carbocycles. The van der Waals surface area contributed by atoms with Crippen LogP contribution in [0, 0.1) is 6.92 Å². The van der Waals surface area contributed by atoms with Crippen molar-refractivity contribution in [2.75, 3.05) is 37.9 Å². The lowest BCUT2D eigenvalue weighted by atomic mass is 10.0. The topological polar surface area (TPSA) is 138 Å². The minimum absolute atomic E-state index is 0.141. The maximum atomic E-state index is 13.0. The molecule has 0 bridgehead atoms. The van der Waals surface area contributed by atoms with Crippen LogP contribution in [-0.4, -0.2) is 64.8 Å². The first kappa shape index (κ1) is 26.2. The van der Waals surface area contributed by atoms with Crippen LogP contribution in [-0.2, 0) is 11.2 Å². The summed E-state index contributed by atoms with van der Waals surface area (Å²) >= 11 is 1.19. The Morgan fingerprint density at radius 1 is 1.19 bits per heavy atom. The summed E-state index contributed by atoms with van der Waals surface area (Å²) in [6, 6.07) is 5.16. The van der Waals surface area contributed by atoms with Crippen molar-refractivity contribution in [1.82, 2.24) is 25.2 Å². The number of amides is 3. The highest BCUT2D eigenvalue weighted by Gasteiger charge is 2.25. The maximum absolute atomic E-state index is 13.0. The summed E-state index contributed by atoms with van der Waals surface area (Å²) in [5, 5.41) is 9.03. The molecular weight excluding hydrogens is 494 g/mol. The average molecular weight is 524 g/mol. The molecule has 0 aliphatic carbocycles. The molecule has 0 saturated heterocycles. The van der Waals surface area contributed by atoms with E-state index >= 15 is 0 Å². The van der Waals surface area contributed by atoms with Crippen molar-refractivity contribution < 1.29 is 19.1 Å². The molecule has 0 fully saturated rings. The first-order valence-electron chi connectivity index (χ1n) is 11.8. The number of anilines is 2. The van der Waals surface area contributed by atoms with Crippen molar-refractivity contribution in [3.8, 4) is 5.75 Å². The lowest BCUT2D eigenvalue weighted by Crippen LogP contribution is -2.30. The Bertz CT molecular complexity index is 1320. The van der Waals surface area contributed by atoms with Gasteiger partial charge in [-0.15, -0.1) is 11.3 Å². The first-order valence-corrected chi connectivity index (χ1v) is 12.6. The standard InChI is InChI=1S/C25H29N7O4S/c1-14-5-7-18(36-10-9-32(3)4)17(11-14)30-23(34)19-12-26-25(37-19)15(2)29-24(35)21-16-6-8-20(33)31-22(16)28-13-27-21/h5,7,11-13,15H,6,8-10H2,1-4H3,(H,29,35)(H,30,34)(H,27,28,31,33)/t15-/m1/s1. The molecule has 11 nitrogen and oxygen atoms in total. The molecule has 4 rings (SSSR count). The number of nitrogens with one attached hydrogen (secondary N) is 3. The van der Waals surface area contributed by atoms with E-state index in [1.54, 1.807) is 6.92 Å². The van der Waals surface area contributed by atoms with E-state index < -0.39 is 11.9 Å². The van der Waals surface area contributed by atoms with E-state index in [0.29, 0.717) is 45.7 Å². The van der Waals surface area contributed by atoms with Gasteiger partial charge in [-0.2, -0.15) is 0 Å². The second-order valence-corrected chi connectivity index (χ2v) is 10.0. The van der Waals surface area contributed by atoms with Crippen LogP contribution in [0.15, 0.2) is 30.7 Å². The summed E-state index contributed by atoms with van der Waals surface area (Å²) < 4.78 is 5.86. The fraction of sp³-hybridized carbons (Fsp3) is 0.360. The molecule has 1 aliphatic rings. The number of carbonyl (C=O) groups excluding carboxylic acids is 3. The number of rotatable bonds is 9. The van der Waals surface area contributed by atoms with Gasteiger partial charge in [0.15, 0.2) is 0 Å². The lowest BCUT2D eigenvalue weighted by molar-refractivity contribution is -0.116. The minimum Gasteiger partial charge on any atom is -0.490 e. The van der Waals surface area contributed by atoms with E-state index in [4.69, 9.17) is 4.74 Å². The van der Waals surface area contributed by atoms with Crippen LogP contribution in [0.2, 0.25) is 0 Å². The first-order chi connectivity index (χ1) is 17.7. The molecule has 2 aromatic heterocycles. The van der Waals surface area contributed by atoms with Gasteiger partial charge < -0.3 is 25.6 Å². The molecule has 0 spiro atoms. The van der Waals surface area contributed by atoms with Crippen molar-refractivity contribution in [3.63, 3.8) is 0 Å². The maximum Gasteiger partial charge on any atom is 0.270 e. The van der Waals surface area contributed by atoms with Gasteiger partial charge >= 0.3 is 0 Å². The summed E-state index contributed by atoms with van der Waals surface area (Å²) in [4.78, 5) is 52.5. The second kappa shape index (κ2) is 11.4. The van der Waals surface area contributed by atoms with E-state index in [9.17, 15) is 14.4 Å². The van der Waals surface area contributed by atoms with Crippen molar-refractivity contribution in [3.05, 3.63) is 57.4 Å². The van der Waals surface area contributed by atoms with Gasteiger partial charge in [0.2, 0.25) is 5.91 Å². The molecule has 3 aromatic rings. The lowest BCUT2D eigenvalue weighted by Gasteiger charge is -2.18. The number of nitrogens with zero attached hydrogens (tertiary/aromatic N) is 4. The van der Waals surface area contributed by atoms with Crippen molar-refractivity contribution in [1.29, 1.82) is 0 Å². The van der Waals surface area contributed by atoms with Crippen LogP contribution in [0.5, 0.6) is 5.75 Å². The van der Waals surface area contributed by atoms with Crippen molar-refractivity contribution >= 4 is 40.6 Å². The zero-order valence-corrected chi connectivity index (χ0v) is 21.9. The van der Waals surface area contributed by atoms with Crippen LogP contribution in [0.25, 0.3) is 0 Å². The van der Waals surface area contributed by atoms with Gasteiger partial charge in [0.25, 0.3) is 11.8 Å². The molecule has 1 aromatic carbocycles. The minimum atomic E-state index is -0.466. The summed E-state index contributed by atoms with van der Waals surface area (Å²) in [7, 11) is 3.93. The predicted octanol–water partition coefficient (Wildman–Crippen LogP) is 2.81. The number of ether oxygens (including phenoxy) is 1. The zero-order chi connectivity index (χ0) is 26.5. The molecule has 12 heteroatoms. The second-order valence-electron chi connectivity index (χ2n) is 8.96.